The van der Waals surface area contributed by atoms with Gasteiger partial charge in [-0.1, -0.05) is 6.92 Å². The van der Waals surface area contributed by atoms with E-state index in [9.17, 15) is 0 Å². The van der Waals surface area contributed by atoms with Crippen LogP contribution in [0.15, 0.2) is 12.4 Å². The van der Waals surface area contributed by atoms with Gasteiger partial charge in [0.25, 0.3) is 0 Å². The Morgan fingerprint density at radius 3 is 3.08 bits per heavy atom. The predicted molar refractivity (Wildman–Crippen MR) is 51.3 cm³/mol. The highest BCUT2D eigenvalue weighted by atomic mass is 16.3. The lowest BCUT2D eigenvalue weighted by Crippen LogP contribution is -2.26. The van der Waals surface area contributed by atoms with Crippen molar-refractivity contribution in [2.75, 3.05) is 6.61 Å². The van der Waals surface area contributed by atoms with E-state index in [0.29, 0.717) is 0 Å². The van der Waals surface area contributed by atoms with Gasteiger partial charge in [-0.15, -0.1) is 0 Å². The molecule has 4 heteroatoms. The summed E-state index contributed by atoms with van der Waals surface area (Å²) in [5.74, 6) is 1.07. The Labute approximate surface area is 78.4 Å². The van der Waals surface area contributed by atoms with E-state index in [0.717, 1.165) is 25.2 Å². The van der Waals surface area contributed by atoms with Gasteiger partial charge in [-0.3, -0.25) is 0 Å². The first-order chi connectivity index (χ1) is 6.27. The highest BCUT2D eigenvalue weighted by molar-refractivity contribution is 4.91. The molecule has 1 atom stereocenters. The van der Waals surface area contributed by atoms with Crippen LogP contribution >= 0.6 is 0 Å². The third kappa shape index (κ3) is 2.82. The van der Waals surface area contributed by atoms with E-state index in [2.05, 4.69) is 16.5 Å². The minimum absolute atomic E-state index is 0.0517. The van der Waals surface area contributed by atoms with E-state index in [4.69, 9.17) is 10.8 Å². The molecule has 0 fully saturated rings. The molecule has 1 aromatic rings. The van der Waals surface area contributed by atoms with Crippen molar-refractivity contribution < 1.29 is 5.11 Å². The van der Waals surface area contributed by atoms with E-state index < -0.39 is 0 Å². The zero-order chi connectivity index (χ0) is 9.68. The average molecular weight is 183 g/mol. The van der Waals surface area contributed by atoms with Crippen molar-refractivity contribution in [3.05, 3.63) is 18.2 Å². The Morgan fingerprint density at radius 2 is 2.46 bits per heavy atom. The van der Waals surface area contributed by atoms with Crippen LogP contribution in [0, 0.1) is 0 Å². The number of aromatic nitrogens is 2. The Kier molecular flexibility index (Phi) is 3.92. The summed E-state index contributed by atoms with van der Waals surface area (Å²) in [4.78, 5) is 4.20. The normalized spacial score (nSPS) is 13.2. The molecule has 1 unspecified atom stereocenters. The molecular weight excluding hydrogens is 166 g/mol. The fourth-order valence-corrected chi connectivity index (χ4v) is 1.25. The van der Waals surface area contributed by atoms with Crippen LogP contribution in [-0.4, -0.2) is 27.3 Å². The van der Waals surface area contributed by atoms with Crippen molar-refractivity contribution in [2.24, 2.45) is 5.73 Å². The van der Waals surface area contributed by atoms with Crippen LogP contribution in [0.1, 0.15) is 19.2 Å². The third-order valence-electron chi connectivity index (χ3n) is 2.09. The minimum atomic E-state index is -0.118. The summed E-state index contributed by atoms with van der Waals surface area (Å²) in [5, 5.41) is 8.74. The fraction of sp³-hybridized carbons (Fsp3) is 0.667. The number of rotatable bonds is 5. The maximum Gasteiger partial charge on any atom is 0.108 e. The maximum absolute atomic E-state index is 8.74. The van der Waals surface area contributed by atoms with Gasteiger partial charge in [-0.25, -0.2) is 4.98 Å². The van der Waals surface area contributed by atoms with Crippen LogP contribution in [0.25, 0.3) is 0 Å². The molecule has 0 bridgehead atoms. The van der Waals surface area contributed by atoms with Crippen LogP contribution in [0.4, 0.5) is 0 Å². The largest absolute Gasteiger partial charge is 0.395 e. The quantitative estimate of drug-likeness (QED) is 0.683. The molecule has 1 aromatic heterocycles. The number of hydrogen-bond acceptors (Lipinski definition) is 3. The van der Waals surface area contributed by atoms with Crippen LogP contribution in [0.5, 0.6) is 0 Å². The molecule has 74 valence electrons. The summed E-state index contributed by atoms with van der Waals surface area (Å²) in [6.07, 6.45) is 5.47. The average Bonchev–Trinajstić information content (AvgIpc) is 2.61. The molecule has 0 aromatic carbocycles. The van der Waals surface area contributed by atoms with Crippen LogP contribution < -0.4 is 5.73 Å². The number of aryl methyl sites for hydroxylation is 2. The molecule has 0 saturated heterocycles. The van der Waals surface area contributed by atoms with E-state index in [1.807, 2.05) is 6.20 Å². The van der Waals surface area contributed by atoms with Gasteiger partial charge in [0.05, 0.1) is 6.61 Å². The predicted octanol–water partition coefficient (Wildman–Crippen LogP) is 0.155. The molecule has 13 heavy (non-hydrogen) atoms. The molecule has 0 spiro atoms. The molecule has 1 heterocycles. The van der Waals surface area contributed by atoms with Crippen molar-refractivity contribution >= 4 is 0 Å². The number of nitrogens with two attached hydrogens (primary N) is 1. The SMILES string of the molecule is CCc1nccn1CCC(N)CO. The number of imidazole rings is 1. The van der Waals surface area contributed by atoms with Gasteiger partial charge >= 0.3 is 0 Å². The molecule has 4 nitrogen and oxygen atoms in total. The van der Waals surface area contributed by atoms with Gasteiger partial charge in [0.2, 0.25) is 0 Å². The van der Waals surface area contributed by atoms with E-state index >= 15 is 0 Å². The van der Waals surface area contributed by atoms with E-state index in [-0.39, 0.29) is 12.6 Å². The topological polar surface area (TPSA) is 64.1 Å². The molecule has 1 rings (SSSR count). The minimum Gasteiger partial charge on any atom is -0.395 e. The molecule has 3 N–H and O–H groups in total. The maximum atomic E-state index is 8.74. The van der Waals surface area contributed by atoms with E-state index in [1.165, 1.54) is 0 Å². The van der Waals surface area contributed by atoms with E-state index in [1.54, 1.807) is 6.20 Å². The number of aliphatic hydroxyl groups excluding tert-OH is 1. The summed E-state index contributed by atoms with van der Waals surface area (Å²) in [6, 6.07) is -0.118. The first kappa shape index (κ1) is 10.2. The number of aliphatic hydroxyl groups is 1. The smallest absolute Gasteiger partial charge is 0.108 e. The molecule has 0 aliphatic carbocycles. The molecular formula is C9H17N3O. The van der Waals surface area contributed by atoms with Gasteiger partial charge in [0, 0.05) is 31.4 Å². The molecule has 0 radical (unpaired) electrons. The lowest BCUT2D eigenvalue weighted by atomic mass is 10.2. The first-order valence-corrected chi connectivity index (χ1v) is 4.64. The van der Waals surface area contributed by atoms with Crippen molar-refractivity contribution in [3.8, 4) is 0 Å². The Bertz CT molecular complexity index is 247. The lowest BCUT2D eigenvalue weighted by molar-refractivity contribution is 0.256. The molecule has 0 amide bonds. The lowest BCUT2D eigenvalue weighted by Gasteiger charge is -2.09. The molecule has 0 aliphatic heterocycles. The zero-order valence-corrected chi connectivity index (χ0v) is 7.98. The number of nitrogens with zero attached hydrogens (tertiary/aromatic N) is 2. The van der Waals surface area contributed by atoms with Gasteiger partial charge in [-0.05, 0) is 6.42 Å². The number of hydrogen-bond donors (Lipinski definition) is 2. The first-order valence-electron chi connectivity index (χ1n) is 4.64. The van der Waals surface area contributed by atoms with Crippen LogP contribution in [0.3, 0.4) is 0 Å². The highest BCUT2D eigenvalue weighted by Crippen LogP contribution is 2.01. The van der Waals surface area contributed by atoms with Gasteiger partial charge in [0.1, 0.15) is 5.82 Å². The standard InChI is InChI=1S/C9H17N3O/c1-2-9-11-4-6-12(9)5-3-8(10)7-13/h4,6,8,13H,2-3,5,7,10H2,1H3. The fourth-order valence-electron chi connectivity index (χ4n) is 1.25. The Hall–Kier alpha value is -0.870. The van der Waals surface area contributed by atoms with Crippen molar-refractivity contribution in [2.45, 2.75) is 32.4 Å². The van der Waals surface area contributed by atoms with Crippen molar-refractivity contribution in [3.63, 3.8) is 0 Å². The van der Waals surface area contributed by atoms with Gasteiger partial charge in [-0.2, -0.15) is 0 Å². The second-order valence-electron chi connectivity index (χ2n) is 3.12. The van der Waals surface area contributed by atoms with Gasteiger partial charge in [0.15, 0.2) is 0 Å². The second kappa shape index (κ2) is 4.99. The summed E-state index contributed by atoms with van der Waals surface area (Å²) in [7, 11) is 0. The monoisotopic (exact) mass is 183 g/mol. The summed E-state index contributed by atoms with van der Waals surface area (Å²) in [6.45, 7) is 2.96. The Balaban J connectivity index is 2.44. The molecule has 0 aliphatic rings. The summed E-state index contributed by atoms with van der Waals surface area (Å²) in [5.41, 5.74) is 5.60. The Morgan fingerprint density at radius 1 is 1.69 bits per heavy atom. The van der Waals surface area contributed by atoms with Crippen molar-refractivity contribution in [1.82, 2.24) is 9.55 Å². The summed E-state index contributed by atoms with van der Waals surface area (Å²) >= 11 is 0. The molecule has 0 saturated carbocycles. The van der Waals surface area contributed by atoms with Crippen LogP contribution in [-0.2, 0) is 13.0 Å². The summed E-state index contributed by atoms with van der Waals surface area (Å²) < 4.78 is 2.08. The third-order valence-corrected chi connectivity index (χ3v) is 2.09. The van der Waals surface area contributed by atoms with Crippen LogP contribution in [0.2, 0.25) is 0 Å². The van der Waals surface area contributed by atoms with Gasteiger partial charge < -0.3 is 15.4 Å². The van der Waals surface area contributed by atoms with Crippen molar-refractivity contribution in [1.29, 1.82) is 0 Å². The highest BCUT2D eigenvalue weighted by Gasteiger charge is 2.03. The second-order valence-corrected chi connectivity index (χ2v) is 3.12. The zero-order valence-electron chi connectivity index (χ0n) is 7.98.